The normalized spacial score (nSPS) is 16.9. The maximum atomic E-state index is 13.7. The summed E-state index contributed by atoms with van der Waals surface area (Å²) in [7, 11) is 0. The molecule has 0 unspecified atom stereocenters. The van der Waals surface area contributed by atoms with Crippen molar-refractivity contribution >= 4 is 11.9 Å². The molecule has 2 aromatic carbocycles. The van der Waals surface area contributed by atoms with Crippen molar-refractivity contribution in [3.05, 3.63) is 76.6 Å². The minimum absolute atomic E-state index is 0.0290. The summed E-state index contributed by atoms with van der Waals surface area (Å²) in [5.41, 5.74) is 3.03. The highest BCUT2D eigenvalue weighted by Gasteiger charge is 2.19. The van der Waals surface area contributed by atoms with Crippen LogP contribution < -0.4 is 0 Å². The van der Waals surface area contributed by atoms with Gasteiger partial charge in [0.1, 0.15) is 5.82 Å². The molecule has 0 amide bonds. The molecule has 2 heteroatoms. The van der Waals surface area contributed by atoms with Crippen LogP contribution in [0.3, 0.4) is 0 Å². The van der Waals surface area contributed by atoms with Crippen molar-refractivity contribution in [2.75, 3.05) is 0 Å². The quantitative estimate of drug-likeness (QED) is 0.551. The molecule has 0 saturated carbocycles. The zero-order chi connectivity index (χ0) is 13.9. The third-order valence-electron chi connectivity index (χ3n) is 3.68. The smallest absolute Gasteiger partial charge is 0.189 e. The van der Waals surface area contributed by atoms with Crippen molar-refractivity contribution in [2.24, 2.45) is 0 Å². The van der Waals surface area contributed by atoms with Crippen molar-refractivity contribution in [2.45, 2.75) is 19.3 Å². The lowest BCUT2D eigenvalue weighted by Gasteiger charge is -2.05. The lowest BCUT2D eigenvalue weighted by atomic mass is 9.98. The van der Waals surface area contributed by atoms with E-state index in [-0.39, 0.29) is 11.6 Å². The Labute approximate surface area is 117 Å². The standard InChI is InChI=1S/C18H15FO/c19-17-11-4-2-7-14(17)12-15-9-5-8-13-6-1-3-10-16(13)18(15)20/h1-4,6-7,10-12H,5,8-9H2/b15-12+. The van der Waals surface area contributed by atoms with E-state index >= 15 is 0 Å². The molecule has 0 spiro atoms. The van der Waals surface area contributed by atoms with Crippen molar-refractivity contribution < 1.29 is 9.18 Å². The third-order valence-corrected chi connectivity index (χ3v) is 3.68. The number of halogens is 1. The molecule has 0 saturated heterocycles. The van der Waals surface area contributed by atoms with Gasteiger partial charge in [-0.25, -0.2) is 4.39 Å². The van der Waals surface area contributed by atoms with Crippen LogP contribution in [-0.2, 0) is 6.42 Å². The molecule has 2 aromatic rings. The van der Waals surface area contributed by atoms with Crippen molar-refractivity contribution in [3.63, 3.8) is 0 Å². The number of fused-ring (bicyclic) bond motifs is 1. The van der Waals surface area contributed by atoms with Crippen LogP contribution >= 0.6 is 0 Å². The van der Waals surface area contributed by atoms with Crippen LogP contribution in [0.1, 0.15) is 34.3 Å². The molecule has 0 radical (unpaired) electrons. The summed E-state index contributed by atoms with van der Waals surface area (Å²) in [6.07, 6.45) is 4.21. The Morgan fingerprint density at radius 1 is 0.950 bits per heavy atom. The van der Waals surface area contributed by atoms with Crippen LogP contribution in [-0.4, -0.2) is 5.78 Å². The second kappa shape index (κ2) is 5.41. The van der Waals surface area contributed by atoms with E-state index in [0.717, 1.165) is 24.0 Å². The first-order valence-corrected chi connectivity index (χ1v) is 6.83. The fourth-order valence-corrected chi connectivity index (χ4v) is 2.63. The highest BCUT2D eigenvalue weighted by molar-refractivity contribution is 6.12. The number of ketones is 1. The Kier molecular flexibility index (Phi) is 3.46. The molecule has 0 bridgehead atoms. The largest absolute Gasteiger partial charge is 0.289 e. The van der Waals surface area contributed by atoms with Gasteiger partial charge in [-0.05, 0) is 37.0 Å². The van der Waals surface area contributed by atoms with Gasteiger partial charge in [-0.3, -0.25) is 4.79 Å². The van der Waals surface area contributed by atoms with E-state index < -0.39 is 0 Å². The Morgan fingerprint density at radius 3 is 2.55 bits per heavy atom. The number of hydrogen-bond donors (Lipinski definition) is 0. The summed E-state index contributed by atoms with van der Waals surface area (Å²) in [4.78, 5) is 12.6. The van der Waals surface area contributed by atoms with Gasteiger partial charge in [-0.15, -0.1) is 0 Å². The summed E-state index contributed by atoms with van der Waals surface area (Å²) in [6, 6.07) is 14.2. The summed E-state index contributed by atoms with van der Waals surface area (Å²) in [5.74, 6) is -0.258. The predicted molar refractivity (Wildman–Crippen MR) is 78.1 cm³/mol. The molecule has 0 N–H and O–H groups in total. The summed E-state index contributed by atoms with van der Waals surface area (Å²) in [5, 5.41) is 0. The monoisotopic (exact) mass is 266 g/mol. The second-order valence-corrected chi connectivity index (χ2v) is 5.03. The molecule has 1 nitrogen and oxygen atoms in total. The fourth-order valence-electron chi connectivity index (χ4n) is 2.63. The van der Waals surface area contributed by atoms with E-state index in [0.29, 0.717) is 17.6 Å². The predicted octanol–water partition coefficient (Wildman–Crippen LogP) is 4.43. The highest BCUT2D eigenvalue weighted by atomic mass is 19.1. The Balaban J connectivity index is 2.03. The van der Waals surface area contributed by atoms with Crippen LogP contribution in [0.2, 0.25) is 0 Å². The first-order chi connectivity index (χ1) is 9.75. The molecule has 1 aliphatic carbocycles. The van der Waals surface area contributed by atoms with E-state index in [9.17, 15) is 9.18 Å². The number of carbonyl (C=O) groups excluding carboxylic acids is 1. The van der Waals surface area contributed by atoms with E-state index in [1.807, 2.05) is 24.3 Å². The van der Waals surface area contributed by atoms with Gasteiger partial charge in [0.2, 0.25) is 0 Å². The molecule has 100 valence electrons. The molecule has 3 rings (SSSR count). The van der Waals surface area contributed by atoms with E-state index in [2.05, 4.69) is 0 Å². The molecule has 0 aromatic heterocycles. The third kappa shape index (κ3) is 2.42. The van der Waals surface area contributed by atoms with Gasteiger partial charge >= 0.3 is 0 Å². The van der Waals surface area contributed by atoms with Gasteiger partial charge in [0, 0.05) is 16.7 Å². The zero-order valence-electron chi connectivity index (χ0n) is 11.1. The maximum absolute atomic E-state index is 13.7. The van der Waals surface area contributed by atoms with Gasteiger partial charge < -0.3 is 0 Å². The van der Waals surface area contributed by atoms with Gasteiger partial charge in [0.05, 0.1) is 0 Å². The summed E-state index contributed by atoms with van der Waals surface area (Å²) >= 11 is 0. The van der Waals surface area contributed by atoms with Crippen molar-refractivity contribution in [1.82, 2.24) is 0 Å². The molecule has 1 aliphatic rings. The van der Waals surface area contributed by atoms with E-state index in [1.165, 1.54) is 6.07 Å². The number of Topliss-reactive ketones (excluding diaryl/α,β-unsaturated/α-hetero) is 1. The lowest BCUT2D eigenvalue weighted by Crippen LogP contribution is -2.03. The average molecular weight is 266 g/mol. The lowest BCUT2D eigenvalue weighted by molar-refractivity contribution is 0.103. The number of benzene rings is 2. The van der Waals surface area contributed by atoms with Gasteiger partial charge in [-0.2, -0.15) is 0 Å². The van der Waals surface area contributed by atoms with Crippen LogP contribution in [0, 0.1) is 5.82 Å². The minimum Gasteiger partial charge on any atom is -0.289 e. The molecular weight excluding hydrogens is 251 g/mol. The minimum atomic E-state index is -0.287. The Hall–Kier alpha value is -2.22. The first-order valence-electron chi connectivity index (χ1n) is 6.83. The van der Waals surface area contributed by atoms with Crippen LogP contribution in [0.15, 0.2) is 54.1 Å². The number of allylic oxidation sites excluding steroid dienone is 1. The summed E-state index contributed by atoms with van der Waals surface area (Å²) < 4.78 is 13.7. The Bertz CT molecular complexity index is 685. The van der Waals surface area contributed by atoms with Gasteiger partial charge in [0.25, 0.3) is 0 Å². The van der Waals surface area contributed by atoms with E-state index in [1.54, 1.807) is 24.3 Å². The fraction of sp³-hybridized carbons (Fsp3) is 0.167. The van der Waals surface area contributed by atoms with Crippen LogP contribution in [0.5, 0.6) is 0 Å². The molecule has 0 aliphatic heterocycles. The van der Waals surface area contributed by atoms with Crippen LogP contribution in [0.4, 0.5) is 4.39 Å². The Morgan fingerprint density at radius 2 is 1.70 bits per heavy atom. The molecule has 0 atom stereocenters. The number of hydrogen-bond acceptors (Lipinski definition) is 1. The van der Waals surface area contributed by atoms with Crippen molar-refractivity contribution in [3.8, 4) is 0 Å². The maximum Gasteiger partial charge on any atom is 0.189 e. The van der Waals surface area contributed by atoms with Crippen LogP contribution in [0.25, 0.3) is 6.08 Å². The SMILES string of the molecule is O=C1/C(=C/c2ccccc2F)CCCc2ccccc21. The average Bonchev–Trinajstić information content (AvgIpc) is 2.62. The molecular formula is C18H15FO. The topological polar surface area (TPSA) is 17.1 Å². The molecule has 0 fully saturated rings. The van der Waals surface area contributed by atoms with Crippen molar-refractivity contribution in [1.29, 1.82) is 0 Å². The highest BCUT2D eigenvalue weighted by Crippen LogP contribution is 2.26. The van der Waals surface area contributed by atoms with E-state index in [4.69, 9.17) is 0 Å². The summed E-state index contributed by atoms with van der Waals surface area (Å²) in [6.45, 7) is 0. The number of carbonyl (C=O) groups is 1. The molecule has 20 heavy (non-hydrogen) atoms. The second-order valence-electron chi connectivity index (χ2n) is 5.03. The first kappa shape index (κ1) is 12.8. The zero-order valence-corrected chi connectivity index (χ0v) is 11.1. The van der Waals surface area contributed by atoms with Gasteiger partial charge in [-0.1, -0.05) is 42.5 Å². The number of rotatable bonds is 1. The number of aryl methyl sites for hydroxylation is 1. The van der Waals surface area contributed by atoms with Gasteiger partial charge in [0.15, 0.2) is 5.78 Å². The molecule has 0 heterocycles.